The Labute approximate surface area is 139 Å². The van der Waals surface area contributed by atoms with Crippen molar-refractivity contribution in [1.82, 2.24) is 4.90 Å². The molecule has 0 aromatic heterocycles. The van der Waals surface area contributed by atoms with Gasteiger partial charge < -0.3 is 20.4 Å². The van der Waals surface area contributed by atoms with Crippen molar-refractivity contribution in [1.29, 1.82) is 5.26 Å². The second kappa shape index (κ2) is 6.87. The van der Waals surface area contributed by atoms with Crippen LogP contribution in [0.2, 0.25) is 0 Å². The van der Waals surface area contributed by atoms with Crippen LogP contribution >= 0.6 is 0 Å². The quantitative estimate of drug-likeness (QED) is 0.801. The fourth-order valence-electron chi connectivity index (χ4n) is 3.22. The molecule has 0 unspecified atom stereocenters. The molecule has 3 N–H and O–H groups in total. The van der Waals surface area contributed by atoms with E-state index in [1.165, 1.54) is 0 Å². The lowest BCUT2D eigenvalue weighted by molar-refractivity contribution is 0.152. The summed E-state index contributed by atoms with van der Waals surface area (Å²) in [4.78, 5) is 14.1. The summed E-state index contributed by atoms with van der Waals surface area (Å²) < 4.78 is 0. The van der Waals surface area contributed by atoms with Gasteiger partial charge in [0.25, 0.3) is 0 Å². The number of carbonyl (C=O) groups excluding carboxylic acids is 1. The number of hydrogen-bond acceptors (Lipinski definition) is 4. The molecule has 0 aliphatic carbocycles. The second-order valence-corrected chi connectivity index (χ2v) is 6.04. The summed E-state index contributed by atoms with van der Waals surface area (Å²) in [5, 5.41) is 32.4. The van der Waals surface area contributed by atoms with Gasteiger partial charge >= 0.3 is 6.03 Å². The predicted octanol–water partition coefficient (Wildman–Crippen LogP) is 1.78. The van der Waals surface area contributed by atoms with E-state index in [9.17, 15) is 20.3 Å². The fraction of sp³-hybridized carbons (Fsp3) is 0.333. The van der Waals surface area contributed by atoms with E-state index in [1.807, 2.05) is 24.3 Å². The van der Waals surface area contributed by atoms with Crippen molar-refractivity contribution in [3.8, 4) is 6.07 Å². The van der Waals surface area contributed by atoms with E-state index in [0.29, 0.717) is 24.3 Å². The summed E-state index contributed by atoms with van der Waals surface area (Å²) in [7, 11) is 0. The first-order valence-corrected chi connectivity index (χ1v) is 7.87. The summed E-state index contributed by atoms with van der Waals surface area (Å²) in [6, 6.07) is 12.7. The first-order valence-electron chi connectivity index (χ1n) is 7.87. The standard InChI is InChI=1S/C18H19N3O3/c19-7-12-5-6-17(16-4-2-1-3-15(12)16)20-18(24)21-8-13(10-22)14(9-21)11-23/h1-6,13-14,22-23H,8-11H2,(H,20,24)/t13-,14-/m0/s1. The van der Waals surface area contributed by atoms with Gasteiger partial charge in [-0.3, -0.25) is 0 Å². The van der Waals surface area contributed by atoms with E-state index in [1.54, 1.807) is 17.0 Å². The molecule has 2 aromatic rings. The number of nitrogens with one attached hydrogen (secondary N) is 1. The minimum atomic E-state index is -0.265. The number of nitriles is 1. The number of aliphatic hydroxyl groups is 2. The van der Waals surface area contributed by atoms with E-state index >= 15 is 0 Å². The minimum Gasteiger partial charge on any atom is -0.396 e. The summed E-state index contributed by atoms with van der Waals surface area (Å²) in [5.74, 6) is -0.197. The average Bonchev–Trinajstić information content (AvgIpc) is 3.05. The SMILES string of the molecule is N#Cc1ccc(NC(=O)N2C[C@@H](CO)[C@H](CO)C2)c2ccccc12. The Kier molecular flexibility index (Phi) is 4.65. The van der Waals surface area contributed by atoms with Crippen LogP contribution in [0.3, 0.4) is 0 Å². The van der Waals surface area contributed by atoms with Crippen molar-refractivity contribution in [2.45, 2.75) is 0 Å². The Bertz CT molecular complexity index is 788. The molecule has 0 spiro atoms. The van der Waals surface area contributed by atoms with Gasteiger partial charge in [0.15, 0.2) is 0 Å². The van der Waals surface area contributed by atoms with Crippen LogP contribution in [0.25, 0.3) is 10.8 Å². The predicted molar refractivity (Wildman–Crippen MR) is 90.4 cm³/mol. The second-order valence-electron chi connectivity index (χ2n) is 6.04. The van der Waals surface area contributed by atoms with E-state index in [-0.39, 0.29) is 31.1 Å². The Balaban J connectivity index is 1.83. The molecule has 0 radical (unpaired) electrons. The number of carbonyl (C=O) groups is 1. The van der Waals surface area contributed by atoms with Gasteiger partial charge in [0.05, 0.1) is 17.3 Å². The first kappa shape index (κ1) is 16.2. The summed E-state index contributed by atoms with van der Waals surface area (Å²) >= 11 is 0. The van der Waals surface area contributed by atoms with Crippen molar-refractivity contribution in [3.05, 3.63) is 42.0 Å². The third kappa shape index (κ3) is 2.92. The smallest absolute Gasteiger partial charge is 0.321 e. The Hall–Kier alpha value is -2.62. The zero-order valence-electron chi connectivity index (χ0n) is 13.1. The molecule has 1 aliphatic heterocycles. The van der Waals surface area contributed by atoms with Crippen molar-refractivity contribution in [2.75, 3.05) is 31.6 Å². The van der Waals surface area contributed by atoms with Gasteiger partial charge in [-0.15, -0.1) is 0 Å². The zero-order valence-corrected chi connectivity index (χ0v) is 13.1. The maximum atomic E-state index is 12.5. The molecular formula is C18H19N3O3. The van der Waals surface area contributed by atoms with Gasteiger partial charge in [-0.1, -0.05) is 24.3 Å². The van der Waals surface area contributed by atoms with Crippen molar-refractivity contribution in [3.63, 3.8) is 0 Å². The van der Waals surface area contributed by atoms with Crippen LogP contribution in [0.4, 0.5) is 10.5 Å². The third-order valence-corrected chi connectivity index (χ3v) is 4.62. The highest BCUT2D eigenvalue weighted by molar-refractivity contribution is 6.03. The van der Waals surface area contributed by atoms with E-state index < -0.39 is 0 Å². The normalized spacial score (nSPS) is 20.1. The van der Waals surface area contributed by atoms with Gasteiger partial charge in [0.1, 0.15) is 0 Å². The van der Waals surface area contributed by atoms with Crippen molar-refractivity contribution in [2.24, 2.45) is 11.8 Å². The lowest BCUT2D eigenvalue weighted by atomic mass is 9.98. The van der Waals surface area contributed by atoms with E-state index in [4.69, 9.17) is 0 Å². The van der Waals surface area contributed by atoms with Crippen LogP contribution in [0.5, 0.6) is 0 Å². The lowest BCUT2D eigenvalue weighted by Gasteiger charge is -2.18. The molecule has 6 heteroatoms. The molecular weight excluding hydrogens is 306 g/mol. The largest absolute Gasteiger partial charge is 0.396 e. The molecule has 0 bridgehead atoms. The molecule has 6 nitrogen and oxygen atoms in total. The number of hydrogen-bond donors (Lipinski definition) is 3. The van der Waals surface area contributed by atoms with E-state index in [2.05, 4.69) is 11.4 Å². The summed E-state index contributed by atoms with van der Waals surface area (Å²) in [6.07, 6.45) is 0. The topological polar surface area (TPSA) is 96.6 Å². The van der Waals surface area contributed by atoms with Gasteiger partial charge in [-0.05, 0) is 12.1 Å². The maximum Gasteiger partial charge on any atom is 0.321 e. The Morgan fingerprint density at radius 2 is 1.75 bits per heavy atom. The van der Waals surface area contributed by atoms with Crippen molar-refractivity contribution >= 4 is 22.5 Å². The molecule has 1 heterocycles. The molecule has 3 rings (SSSR count). The highest BCUT2D eigenvalue weighted by Crippen LogP contribution is 2.28. The van der Waals surface area contributed by atoms with Crippen LogP contribution in [0.1, 0.15) is 5.56 Å². The molecule has 124 valence electrons. The molecule has 2 atom stereocenters. The van der Waals surface area contributed by atoms with Crippen molar-refractivity contribution < 1.29 is 15.0 Å². The molecule has 2 aromatic carbocycles. The third-order valence-electron chi connectivity index (χ3n) is 4.62. The summed E-state index contributed by atoms with van der Waals surface area (Å²) in [5.41, 5.74) is 1.20. The molecule has 1 fully saturated rings. The number of anilines is 1. The number of urea groups is 1. The van der Waals surface area contributed by atoms with Crippen LogP contribution in [0, 0.1) is 23.2 Å². The maximum absolute atomic E-state index is 12.5. The van der Waals surface area contributed by atoms with Gasteiger partial charge in [0.2, 0.25) is 0 Å². The molecule has 24 heavy (non-hydrogen) atoms. The Morgan fingerprint density at radius 3 is 2.33 bits per heavy atom. The van der Waals surface area contributed by atoms with Gasteiger partial charge in [0, 0.05) is 48.9 Å². The van der Waals surface area contributed by atoms with Crippen LogP contribution in [-0.2, 0) is 0 Å². The zero-order chi connectivity index (χ0) is 17.1. The lowest BCUT2D eigenvalue weighted by Crippen LogP contribution is -2.33. The number of amides is 2. The Morgan fingerprint density at radius 1 is 1.12 bits per heavy atom. The average molecular weight is 325 g/mol. The highest BCUT2D eigenvalue weighted by atomic mass is 16.3. The number of rotatable bonds is 3. The fourth-order valence-corrected chi connectivity index (χ4v) is 3.22. The highest BCUT2D eigenvalue weighted by Gasteiger charge is 2.34. The number of aliphatic hydroxyl groups excluding tert-OH is 2. The van der Waals surface area contributed by atoms with Gasteiger partial charge in [-0.25, -0.2) is 4.79 Å². The van der Waals surface area contributed by atoms with Gasteiger partial charge in [-0.2, -0.15) is 5.26 Å². The van der Waals surface area contributed by atoms with Crippen LogP contribution in [-0.4, -0.2) is 47.4 Å². The molecule has 1 aliphatic rings. The first-order chi connectivity index (χ1) is 11.7. The number of nitrogens with zero attached hydrogens (tertiary/aromatic N) is 2. The van der Waals surface area contributed by atoms with Crippen LogP contribution < -0.4 is 5.32 Å². The van der Waals surface area contributed by atoms with Crippen LogP contribution in [0.15, 0.2) is 36.4 Å². The number of likely N-dealkylation sites (tertiary alicyclic amines) is 1. The molecule has 2 amide bonds. The minimum absolute atomic E-state index is 0.0468. The van der Waals surface area contributed by atoms with E-state index in [0.717, 1.165) is 10.8 Å². The molecule has 1 saturated heterocycles. The number of fused-ring (bicyclic) bond motifs is 1. The summed E-state index contributed by atoms with van der Waals surface area (Å²) in [6.45, 7) is 0.743. The number of benzene rings is 2. The monoisotopic (exact) mass is 325 g/mol. The molecule has 0 saturated carbocycles.